The van der Waals surface area contributed by atoms with Gasteiger partial charge in [-0.15, -0.1) is 0 Å². The molecular weight excluding hydrogens is 254 g/mol. The van der Waals surface area contributed by atoms with Crippen molar-refractivity contribution in [2.75, 3.05) is 25.0 Å². The highest BCUT2D eigenvalue weighted by molar-refractivity contribution is 6.32. The van der Waals surface area contributed by atoms with E-state index in [0.717, 1.165) is 18.7 Å². The van der Waals surface area contributed by atoms with Gasteiger partial charge in [0.2, 0.25) is 5.91 Å². The van der Waals surface area contributed by atoms with Crippen LogP contribution in [0.3, 0.4) is 0 Å². The zero-order valence-electron chi connectivity index (χ0n) is 10.4. The van der Waals surface area contributed by atoms with Crippen LogP contribution in [0.15, 0.2) is 12.3 Å². The third-order valence-electron chi connectivity index (χ3n) is 2.80. The monoisotopic (exact) mass is 269 g/mol. The molecule has 1 fully saturated rings. The summed E-state index contributed by atoms with van der Waals surface area (Å²) in [6.07, 6.45) is 1.65. The van der Waals surface area contributed by atoms with Crippen LogP contribution in [0.1, 0.15) is 12.5 Å². The molecule has 1 aliphatic heterocycles. The maximum absolute atomic E-state index is 11.7. The highest BCUT2D eigenvalue weighted by Crippen LogP contribution is 2.20. The molecule has 98 valence electrons. The van der Waals surface area contributed by atoms with E-state index in [9.17, 15) is 4.79 Å². The van der Waals surface area contributed by atoms with Gasteiger partial charge in [0, 0.05) is 19.3 Å². The number of carbonyl (C=O) groups excluding carboxylic acids is 1. The number of anilines is 1. The fourth-order valence-electron chi connectivity index (χ4n) is 1.65. The highest BCUT2D eigenvalue weighted by atomic mass is 35.5. The third kappa shape index (κ3) is 3.19. The van der Waals surface area contributed by atoms with E-state index < -0.39 is 0 Å². The Hall–Kier alpha value is -1.17. The Morgan fingerprint density at radius 3 is 3.00 bits per heavy atom. The van der Waals surface area contributed by atoms with Crippen molar-refractivity contribution in [1.29, 1.82) is 0 Å². The first-order chi connectivity index (χ1) is 8.48. The van der Waals surface area contributed by atoms with Crippen LogP contribution in [0.2, 0.25) is 5.15 Å². The van der Waals surface area contributed by atoms with E-state index in [4.69, 9.17) is 16.3 Å². The summed E-state index contributed by atoms with van der Waals surface area (Å²) in [5, 5.41) is 6.08. The van der Waals surface area contributed by atoms with Crippen molar-refractivity contribution < 1.29 is 9.53 Å². The molecule has 1 aromatic heterocycles. The molecule has 1 aliphatic rings. The van der Waals surface area contributed by atoms with Gasteiger partial charge in [-0.2, -0.15) is 0 Å². The number of hydrogen-bond acceptors (Lipinski definition) is 4. The number of nitrogens with one attached hydrogen (secondary N) is 2. The van der Waals surface area contributed by atoms with Crippen molar-refractivity contribution in [3.63, 3.8) is 0 Å². The van der Waals surface area contributed by atoms with Gasteiger partial charge in [-0.05, 0) is 25.5 Å². The maximum Gasteiger partial charge on any atom is 0.250 e. The first-order valence-electron chi connectivity index (χ1n) is 5.75. The van der Waals surface area contributed by atoms with Crippen molar-refractivity contribution in [2.24, 2.45) is 0 Å². The van der Waals surface area contributed by atoms with Crippen molar-refractivity contribution in [3.8, 4) is 0 Å². The van der Waals surface area contributed by atoms with Gasteiger partial charge in [0.15, 0.2) is 5.15 Å². The molecule has 0 spiro atoms. The summed E-state index contributed by atoms with van der Waals surface area (Å²) in [7, 11) is 0. The number of amides is 1. The van der Waals surface area contributed by atoms with E-state index >= 15 is 0 Å². The Bertz CT molecular complexity index is 461. The first-order valence-corrected chi connectivity index (χ1v) is 6.13. The van der Waals surface area contributed by atoms with Crippen LogP contribution >= 0.6 is 11.6 Å². The van der Waals surface area contributed by atoms with Gasteiger partial charge in [0.1, 0.15) is 6.61 Å². The maximum atomic E-state index is 11.7. The number of carbonyl (C=O) groups is 1. The minimum absolute atomic E-state index is 0.0163. The molecule has 0 bridgehead atoms. The lowest BCUT2D eigenvalue weighted by Crippen LogP contribution is -2.59. The van der Waals surface area contributed by atoms with Gasteiger partial charge in [-0.25, -0.2) is 4.98 Å². The number of ether oxygens (including phenoxy) is 1. The summed E-state index contributed by atoms with van der Waals surface area (Å²) >= 11 is 5.89. The number of hydrogen-bond donors (Lipinski definition) is 2. The van der Waals surface area contributed by atoms with E-state index in [0.29, 0.717) is 5.69 Å². The standard InChI is InChI=1S/C12H16ClN3O2/c1-8-3-9(11(13)15-4-8)16-10(17)5-18-12(2)6-14-7-12/h3-4,14H,5-7H2,1-2H3,(H,16,17). The lowest BCUT2D eigenvalue weighted by atomic mass is 10.0. The Morgan fingerprint density at radius 2 is 2.39 bits per heavy atom. The second-order valence-corrected chi connectivity index (χ2v) is 5.10. The molecule has 2 N–H and O–H groups in total. The van der Waals surface area contributed by atoms with Crippen LogP contribution < -0.4 is 10.6 Å². The van der Waals surface area contributed by atoms with Gasteiger partial charge < -0.3 is 15.4 Å². The Kier molecular flexibility index (Phi) is 3.85. The number of halogens is 1. The number of pyridine rings is 1. The fraction of sp³-hybridized carbons (Fsp3) is 0.500. The van der Waals surface area contributed by atoms with Crippen LogP contribution in [-0.4, -0.2) is 36.2 Å². The van der Waals surface area contributed by atoms with Crippen LogP contribution in [0.5, 0.6) is 0 Å². The smallest absolute Gasteiger partial charge is 0.250 e. The molecule has 1 amide bonds. The predicted molar refractivity (Wildman–Crippen MR) is 69.8 cm³/mol. The summed E-state index contributed by atoms with van der Waals surface area (Å²) in [5.74, 6) is -0.225. The lowest BCUT2D eigenvalue weighted by Gasteiger charge is -2.38. The van der Waals surface area contributed by atoms with Crippen LogP contribution in [0.25, 0.3) is 0 Å². The molecule has 6 heteroatoms. The molecule has 18 heavy (non-hydrogen) atoms. The summed E-state index contributed by atoms with van der Waals surface area (Å²) < 4.78 is 5.53. The normalized spacial score (nSPS) is 17.1. The zero-order valence-corrected chi connectivity index (χ0v) is 11.2. The highest BCUT2D eigenvalue weighted by Gasteiger charge is 2.33. The lowest BCUT2D eigenvalue weighted by molar-refractivity contribution is -0.130. The molecule has 0 aliphatic carbocycles. The van der Waals surface area contributed by atoms with Crippen molar-refractivity contribution in [2.45, 2.75) is 19.4 Å². The Labute approximate surface area is 111 Å². The Balaban J connectivity index is 1.88. The molecular formula is C12H16ClN3O2. The van der Waals surface area contributed by atoms with E-state index in [-0.39, 0.29) is 23.3 Å². The molecule has 1 saturated heterocycles. The zero-order chi connectivity index (χ0) is 13.2. The molecule has 0 aromatic carbocycles. The van der Waals surface area contributed by atoms with E-state index in [1.807, 2.05) is 13.8 Å². The van der Waals surface area contributed by atoms with Gasteiger partial charge in [0.25, 0.3) is 0 Å². The van der Waals surface area contributed by atoms with Gasteiger partial charge >= 0.3 is 0 Å². The topological polar surface area (TPSA) is 63.2 Å². The summed E-state index contributed by atoms with van der Waals surface area (Å²) in [6, 6.07) is 1.78. The molecule has 0 saturated carbocycles. The predicted octanol–water partition coefficient (Wildman–Crippen LogP) is 1.36. The molecule has 2 heterocycles. The van der Waals surface area contributed by atoms with Crippen molar-refractivity contribution in [1.82, 2.24) is 10.3 Å². The van der Waals surface area contributed by atoms with E-state index in [1.54, 1.807) is 12.3 Å². The summed E-state index contributed by atoms with van der Waals surface area (Å²) in [5.41, 5.74) is 1.22. The first kappa shape index (κ1) is 13.3. The number of nitrogens with zero attached hydrogens (tertiary/aromatic N) is 1. The van der Waals surface area contributed by atoms with E-state index in [1.165, 1.54) is 0 Å². The largest absolute Gasteiger partial charge is 0.363 e. The third-order valence-corrected chi connectivity index (χ3v) is 3.10. The molecule has 5 nitrogen and oxygen atoms in total. The fourth-order valence-corrected chi connectivity index (χ4v) is 1.80. The van der Waals surface area contributed by atoms with Crippen LogP contribution in [0.4, 0.5) is 5.69 Å². The second kappa shape index (κ2) is 5.22. The summed E-state index contributed by atoms with van der Waals surface area (Å²) in [4.78, 5) is 15.7. The second-order valence-electron chi connectivity index (χ2n) is 4.74. The van der Waals surface area contributed by atoms with Gasteiger partial charge in [-0.1, -0.05) is 11.6 Å². The van der Waals surface area contributed by atoms with Crippen molar-refractivity contribution >= 4 is 23.2 Å². The molecule has 1 aromatic rings. The minimum Gasteiger partial charge on any atom is -0.363 e. The average molecular weight is 270 g/mol. The molecule has 0 atom stereocenters. The number of aromatic nitrogens is 1. The quantitative estimate of drug-likeness (QED) is 0.810. The van der Waals surface area contributed by atoms with E-state index in [2.05, 4.69) is 15.6 Å². The molecule has 2 rings (SSSR count). The van der Waals surface area contributed by atoms with Gasteiger partial charge in [0.05, 0.1) is 11.3 Å². The minimum atomic E-state index is -0.230. The van der Waals surface area contributed by atoms with Gasteiger partial charge in [-0.3, -0.25) is 4.79 Å². The van der Waals surface area contributed by atoms with Crippen LogP contribution in [-0.2, 0) is 9.53 Å². The number of aryl methyl sites for hydroxylation is 1. The Morgan fingerprint density at radius 1 is 1.67 bits per heavy atom. The molecule has 0 unspecified atom stereocenters. The van der Waals surface area contributed by atoms with Crippen LogP contribution in [0, 0.1) is 6.92 Å². The van der Waals surface area contributed by atoms with Crippen molar-refractivity contribution in [3.05, 3.63) is 23.0 Å². The average Bonchev–Trinajstić information content (AvgIpc) is 2.29. The number of rotatable bonds is 4. The SMILES string of the molecule is Cc1cnc(Cl)c(NC(=O)COC2(C)CNC2)c1. The molecule has 0 radical (unpaired) electrons. The summed E-state index contributed by atoms with van der Waals surface area (Å²) in [6.45, 7) is 5.41.